The highest BCUT2D eigenvalue weighted by atomic mass is 35.5. The molecule has 0 N–H and O–H groups in total. The molecule has 0 bridgehead atoms. The third-order valence-electron chi connectivity index (χ3n) is 4.32. The van der Waals surface area contributed by atoms with Crippen LogP contribution in [0.2, 0.25) is 5.02 Å². The second kappa shape index (κ2) is 8.73. The molecule has 0 unspecified atom stereocenters. The zero-order valence-electron chi connectivity index (χ0n) is 14.9. The minimum atomic E-state index is -0.633. The normalized spacial score (nSPS) is 14.0. The van der Waals surface area contributed by atoms with Crippen molar-refractivity contribution in [3.05, 3.63) is 53.2 Å². The summed E-state index contributed by atoms with van der Waals surface area (Å²) >= 11 is 6.03. The van der Waals surface area contributed by atoms with Crippen LogP contribution in [0, 0.1) is 0 Å². The van der Waals surface area contributed by atoms with Gasteiger partial charge < -0.3 is 19.3 Å². The van der Waals surface area contributed by atoms with E-state index < -0.39 is 5.97 Å². The van der Waals surface area contributed by atoms with Crippen LogP contribution in [0.15, 0.2) is 42.6 Å². The molecule has 1 aliphatic rings. The first-order valence-corrected chi connectivity index (χ1v) is 8.90. The van der Waals surface area contributed by atoms with Gasteiger partial charge in [-0.05, 0) is 30.3 Å². The van der Waals surface area contributed by atoms with Gasteiger partial charge in [-0.1, -0.05) is 17.7 Å². The number of anilines is 1. The predicted molar refractivity (Wildman–Crippen MR) is 101 cm³/mol. The summed E-state index contributed by atoms with van der Waals surface area (Å²) < 4.78 is 10.2. The molecule has 1 aromatic heterocycles. The smallest absolute Gasteiger partial charge is 0.344 e. The molecule has 0 atom stereocenters. The Hall–Kier alpha value is -2.80. The monoisotopic (exact) mass is 389 g/mol. The molecule has 1 amide bonds. The van der Waals surface area contributed by atoms with Crippen molar-refractivity contribution in [1.82, 2.24) is 9.88 Å². The molecule has 2 aromatic rings. The average molecular weight is 390 g/mol. The van der Waals surface area contributed by atoms with Gasteiger partial charge in [0.1, 0.15) is 5.56 Å². The molecule has 0 aliphatic carbocycles. The van der Waals surface area contributed by atoms with E-state index in [0.717, 1.165) is 5.69 Å². The molecule has 0 saturated carbocycles. The van der Waals surface area contributed by atoms with Gasteiger partial charge in [0.15, 0.2) is 6.61 Å². The van der Waals surface area contributed by atoms with Gasteiger partial charge in [-0.2, -0.15) is 0 Å². The maximum atomic E-state index is 12.3. The number of ether oxygens (including phenoxy) is 2. The zero-order valence-corrected chi connectivity index (χ0v) is 15.7. The molecular formula is C19H20ClN3O4. The number of esters is 1. The second-order valence-electron chi connectivity index (χ2n) is 5.98. The highest BCUT2D eigenvalue weighted by molar-refractivity contribution is 6.30. The van der Waals surface area contributed by atoms with Crippen LogP contribution in [0.25, 0.3) is 0 Å². The quantitative estimate of drug-likeness (QED) is 0.730. The maximum Gasteiger partial charge on any atom is 0.344 e. The minimum absolute atomic E-state index is 0.171. The lowest BCUT2D eigenvalue weighted by atomic mass is 10.2. The fourth-order valence-corrected chi connectivity index (χ4v) is 3.08. The summed E-state index contributed by atoms with van der Waals surface area (Å²) in [5.74, 6) is -0.687. The number of piperazine rings is 1. The fraction of sp³-hybridized carbons (Fsp3) is 0.316. The summed E-state index contributed by atoms with van der Waals surface area (Å²) in [7, 11) is 1.42. The number of amides is 1. The predicted octanol–water partition coefficient (Wildman–Crippen LogP) is 2.25. The lowest BCUT2D eigenvalue weighted by Crippen LogP contribution is -2.49. The van der Waals surface area contributed by atoms with Gasteiger partial charge in [-0.3, -0.25) is 4.79 Å². The summed E-state index contributed by atoms with van der Waals surface area (Å²) in [5, 5.41) is 0.684. The number of methoxy groups -OCH3 is 1. The number of nitrogens with zero attached hydrogens (tertiary/aromatic N) is 3. The van der Waals surface area contributed by atoms with Gasteiger partial charge in [-0.15, -0.1) is 0 Å². The van der Waals surface area contributed by atoms with E-state index >= 15 is 0 Å². The van der Waals surface area contributed by atoms with Crippen LogP contribution < -0.4 is 9.64 Å². The van der Waals surface area contributed by atoms with Gasteiger partial charge >= 0.3 is 5.97 Å². The van der Waals surface area contributed by atoms with Crippen LogP contribution in [-0.4, -0.2) is 61.7 Å². The maximum absolute atomic E-state index is 12.3. The van der Waals surface area contributed by atoms with E-state index in [1.807, 2.05) is 24.3 Å². The fourth-order valence-electron chi connectivity index (χ4n) is 2.89. The van der Waals surface area contributed by atoms with Crippen molar-refractivity contribution in [2.45, 2.75) is 0 Å². The Bertz CT molecular complexity index is 822. The molecule has 1 aliphatic heterocycles. The standard InChI is InChI=1S/C19H20ClN3O4/c1-26-18-16(6-3-7-21-18)19(25)27-13-17(24)23-10-8-22(9-11-23)15-5-2-4-14(20)12-15/h2-7,12H,8-11,13H2,1H3. The number of benzene rings is 1. The summed E-state index contributed by atoms with van der Waals surface area (Å²) in [6.07, 6.45) is 1.51. The Morgan fingerprint density at radius 1 is 1.15 bits per heavy atom. The van der Waals surface area contributed by atoms with E-state index in [4.69, 9.17) is 21.1 Å². The second-order valence-corrected chi connectivity index (χ2v) is 6.42. The summed E-state index contributed by atoms with van der Waals surface area (Å²) in [5.41, 5.74) is 1.23. The number of hydrogen-bond donors (Lipinski definition) is 0. The number of carbonyl (C=O) groups is 2. The van der Waals surface area contributed by atoms with Crippen LogP contribution in [0.1, 0.15) is 10.4 Å². The van der Waals surface area contributed by atoms with E-state index in [9.17, 15) is 9.59 Å². The third-order valence-corrected chi connectivity index (χ3v) is 4.55. The van der Waals surface area contributed by atoms with Crippen LogP contribution in [0.5, 0.6) is 5.88 Å². The zero-order chi connectivity index (χ0) is 19.2. The molecule has 2 heterocycles. The van der Waals surface area contributed by atoms with Crippen molar-refractivity contribution < 1.29 is 19.1 Å². The van der Waals surface area contributed by atoms with E-state index in [1.165, 1.54) is 13.3 Å². The van der Waals surface area contributed by atoms with Crippen molar-refractivity contribution in [3.63, 3.8) is 0 Å². The average Bonchev–Trinajstić information content (AvgIpc) is 2.71. The molecular weight excluding hydrogens is 370 g/mol. The lowest BCUT2D eigenvalue weighted by molar-refractivity contribution is -0.134. The molecule has 0 spiro atoms. The van der Waals surface area contributed by atoms with Crippen molar-refractivity contribution in [3.8, 4) is 5.88 Å². The number of rotatable bonds is 5. The van der Waals surface area contributed by atoms with E-state index in [0.29, 0.717) is 31.2 Å². The van der Waals surface area contributed by atoms with Crippen LogP contribution in [0.4, 0.5) is 5.69 Å². The molecule has 0 radical (unpaired) electrons. The highest BCUT2D eigenvalue weighted by Gasteiger charge is 2.23. The van der Waals surface area contributed by atoms with Crippen LogP contribution in [-0.2, 0) is 9.53 Å². The van der Waals surface area contributed by atoms with E-state index in [1.54, 1.807) is 17.0 Å². The molecule has 1 aromatic carbocycles. The van der Waals surface area contributed by atoms with Gasteiger partial charge in [0.2, 0.25) is 5.88 Å². The first-order valence-electron chi connectivity index (χ1n) is 8.53. The van der Waals surface area contributed by atoms with Crippen molar-refractivity contribution in [2.24, 2.45) is 0 Å². The SMILES string of the molecule is COc1ncccc1C(=O)OCC(=O)N1CCN(c2cccc(Cl)c2)CC1. The van der Waals surface area contributed by atoms with Gasteiger partial charge in [-0.25, -0.2) is 9.78 Å². The highest BCUT2D eigenvalue weighted by Crippen LogP contribution is 2.21. The van der Waals surface area contributed by atoms with Gasteiger partial charge in [0.25, 0.3) is 5.91 Å². The Labute approximate surface area is 162 Å². The van der Waals surface area contributed by atoms with Crippen LogP contribution >= 0.6 is 11.6 Å². The molecule has 1 fully saturated rings. The van der Waals surface area contributed by atoms with Crippen molar-refractivity contribution in [1.29, 1.82) is 0 Å². The number of aromatic nitrogens is 1. The lowest BCUT2D eigenvalue weighted by Gasteiger charge is -2.36. The Morgan fingerprint density at radius 2 is 1.93 bits per heavy atom. The molecule has 142 valence electrons. The molecule has 1 saturated heterocycles. The van der Waals surface area contributed by atoms with Crippen LogP contribution in [0.3, 0.4) is 0 Å². The minimum Gasteiger partial charge on any atom is -0.480 e. The Balaban J connectivity index is 1.50. The largest absolute Gasteiger partial charge is 0.480 e. The summed E-state index contributed by atoms with van der Waals surface area (Å²) in [6, 6.07) is 10.8. The number of pyridine rings is 1. The molecule has 7 nitrogen and oxygen atoms in total. The summed E-state index contributed by atoms with van der Waals surface area (Å²) in [6.45, 7) is 2.18. The Kier molecular flexibility index (Phi) is 6.13. The van der Waals surface area contributed by atoms with Crippen molar-refractivity contribution >= 4 is 29.2 Å². The molecule has 8 heteroatoms. The van der Waals surface area contributed by atoms with Crippen molar-refractivity contribution in [2.75, 3.05) is 44.8 Å². The first kappa shape index (κ1) is 19.0. The number of halogens is 1. The third kappa shape index (κ3) is 4.68. The molecule has 27 heavy (non-hydrogen) atoms. The first-order chi connectivity index (χ1) is 13.1. The summed E-state index contributed by atoms with van der Waals surface area (Å²) in [4.78, 5) is 32.3. The number of hydrogen-bond acceptors (Lipinski definition) is 6. The number of carbonyl (C=O) groups excluding carboxylic acids is 2. The van der Waals surface area contributed by atoms with E-state index in [2.05, 4.69) is 9.88 Å². The topological polar surface area (TPSA) is 72.0 Å². The molecule has 3 rings (SSSR count). The van der Waals surface area contributed by atoms with E-state index in [-0.39, 0.29) is 24.0 Å². The Morgan fingerprint density at radius 3 is 2.63 bits per heavy atom. The van der Waals surface area contributed by atoms with Gasteiger partial charge in [0.05, 0.1) is 7.11 Å². The van der Waals surface area contributed by atoms with Gasteiger partial charge in [0, 0.05) is 43.1 Å².